The number of rotatable bonds is 4. The van der Waals surface area contributed by atoms with E-state index in [0.29, 0.717) is 10.7 Å². The van der Waals surface area contributed by atoms with E-state index in [1.807, 2.05) is 34.5 Å². The summed E-state index contributed by atoms with van der Waals surface area (Å²) in [5, 5.41) is 9.42. The van der Waals surface area contributed by atoms with Crippen LogP contribution in [0.15, 0.2) is 41.8 Å². The van der Waals surface area contributed by atoms with Crippen LogP contribution in [-0.4, -0.2) is 38.7 Å². The van der Waals surface area contributed by atoms with Crippen LogP contribution in [0.5, 0.6) is 0 Å². The molecule has 1 aliphatic heterocycles. The van der Waals surface area contributed by atoms with E-state index in [1.165, 1.54) is 11.3 Å². The maximum atomic E-state index is 13.2. The zero-order valence-electron chi connectivity index (χ0n) is 16.1. The number of thiophene rings is 1. The normalized spacial score (nSPS) is 15.3. The minimum atomic E-state index is 0.134. The SMILES string of the molecule is CC(C)n1c(C2CCN(C(=O)c3sccc3-c3ccccc3)CC2)n[nH]c1=S. The average Bonchev–Trinajstić information content (AvgIpc) is 3.35. The minimum absolute atomic E-state index is 0.134. The smallest absolute Gasteiger partial charge is 0.264 e. The monoisotopic (exact) mass is 412 g/mol. The van der Waals surface area contributed by atoms with E-state index in [1.54, 1.807) is 0 Å². The molecule has 3 heterocycles. The number of carbonyl (C=O) groups is 1. The molecule has 0 spiro atoms. The van der Waals surface area contributed by atoms with Crippen LogP contribution >= 0.6 is 23.6 Å². The maximum absolute atomic E-state index is 13.2. The Morgan fingerprint density at radius 3 is 2.61 bits per heavy atom. The van der Waals surface area contributed by atoms with Crippen molar-refractivity contribution in [2.75, 3.05) is 13.1 Å². The number of aromatic amines is 1. The number of nitrogens with one attached hydrogen (secondary N) is 1. The Kier molecular flexibility index (Phi) is 5.46. The van der Waals surface area contributed by atoms with Crippen LogP contribution < -0.4 is 0 Å². The molecular formula is C21H24N4OS2. The van der Waals surface area contributed by atoms with Crippen molar-refractivity contribution >= 4 is 29.5 Å². The van der Waals surface area contributed by atoms with Gasteiger partial charge in [0.1, 0.15) is 5.82 Å². The molecule has 0 radical (unpaired) electrons. The molecular weight excluding hydrogens is 388 g/mol. The second kappa shape index (κ2) is 8.01. The first-order valence-corrected chi connectivity index (χ1v) is 10.9. The molecule has 0 atom stereocenters. The Balaban J connectivity index is 1.49. The van der Waals surface area contributed by atoms with Gasteiger partial charge < -0.3 is 9.47 Å². The molecule has 0 bridgehead atoms. The van der Waals surface area contributed by atoms with Crippen molar-refractivity contribution in [2.24, 2.45) is 0 Å². The van der Waals surface area contributed by atoms with Gasteiger partial charge in [-0.15, -0.1) is 11.3 Å². The van der Waals surface area contributed by atoms with Crippen molar-refractivity contribution in [2.45, 2.75) is 38.6 Å². The summed E-state index contributed by atoms with van der Waals surface area (Å²) in [4.78, 5) is 16.0. The number of carbonyl (C=O) groups excluding carboxylic acids is 1. The molecule has 1 saturated heterocycles. The molecule has 0 aliphatic carbocycles. The van der Waals surface area contributed by atoms with Crippen molar-refractivity contribution in [1.29, 1.82) is 0 Å². The number of hydrogen-bond acceptors (Lipinski definition) is 4. The summed E-state index contributed by atoms with van der Waals surface area (Å²) in [7, 11) is 0. The number of likely N-dealkylation sites (tertiary alicyclic amines) is 1. The molecule has 4 rings (SSSR count). The minimum Gasteiger partial charge on any atom is -0.338 e. The van der Waals surface area contributed by atoms with Crippen molar-refractivity contribution in [1.82, 2.24) is 19.7 Å². The Hall–Kier alpha value is -2.25. The zero-order valence-corrected chi connectivity index (χ0v) is 17.7. The third-order valence-corrected chi connectivity index (χ3v) is 6.53. The van der Waals surface area contributed by atoms with Gasteiger partial charge in [0.25, 0.3) is 5.91 Å². The number of hydrogen-bond donors (Lipinski definition) is 1. The maximum Gasteiger partial charge on any atom is 0.264 e. The largest absolute Gasteiger partial charge is 0.338 e. The molecule has 146 valence electrons. The highest BCUT2D eigenvalue weighted by molar-refractivity contribution is 7.71. The lowest BCUT2D eigenvalue weighted by Crippen LogP contribution is -2.38. The number of benzene rings is 1. The van der Waals surface area contributed by atoms with Crippen LogP contribution in [0.2, 0.25) is 0 Å². The van der Waals surface area contributed by atoms with Crippen molar-refractivity contribution < 1.29 is 4.79 Å². The van der Waals surface area contributed by atoms with E-state index in [0.717, 1.165) is 47.8 Å². The zero-order chi connectivity index (χ0) is 19.7. The third-order valence-electron chi connectivity index (χ3n) is 5.34. The highest BCUT2D eigenvalue weighted by Crippen LogP contribution is 2.33. The highest BCUT2D eigenvalue weighted by Gasteiger charge is 2.29. The van der Waals surface area contributed by atoms with Gasteiger partial charge in [0.2, 0.25) is 0 Å². The second-order valence-electron chi connectivity index (χ2n) is 7.45. The number of piperidine rings is 1. The number of nitrogens with zero attached hydrogens (tertiary/aromatic N) is 3. The Morgan fingerprint density at radius 1 is 1.21 bits per heavy atom. The molecule has 3 aromatic rings. The number of amides is 1. The topological polar surface area (TPSA) is 53.9 Å². The molecule has 2 aromatic heterocycles. The van der Waals surface area contributed by atoms with Crippen LogP contribution in [0.3, 0.4) is 0 Å². The molecule has 1 N–H and O–H groups in total. The van der Waals surface area contributed by atoms with Gasteiger partial charge in [0.15, 0.2) is 4.77 Å². The number of aromatic nitrogens is 3. The Bertz CT molecular complexity index is 1010. The van der Waals surface area contributed by atoms with Gasteiger partial charge in [-0.1, -0.05) is 30.3 Å². The highest BCUT2D eigenvalue weighted by atomic mass is 32.1. The van der Waals surface area contributed by atoms with Gasteiger partial charge in [-0.2, -0.15) is 5.10 Å². The van der Waals surface area contributed by atoms with E-state index in [2.05, 4.69) is 40.7 Å². The summed E-state index contributed by atoms with van der Waals surface area (Å²) in [6, 6.07) is 12.4. The molecule has 5 nitrogen and oxygen atoms in total. The van der Waals surface area contributed by atoms with E-state index in [-0.39, 0.29) is 11.9 Å². The van der Waals surface area contributed by atoms with E-state index in [9.17, 15) is 4.79 Å². The van der Waals surface area contributed by atoms with Crippen LogP contribution in [-0.2, 0) is 0 Å². The van der Waals surface area contributed by atoms with Gasteiger partial charge >= 0.3 is 0 Å². The summed E-state index contributed by atoms with van der Waals surface area (Å²) in [6.45, 7) is 5.73. The predicted molar refractivity (Wildman–Crippen MR) is 115 cm³/mol. The van der Waals surface area contributed by atoms with Gasteiger partial charge in [-0.05, 0) is 55.9 Å². The average molecular weight is 413 g/mol. The summed E-state index contributed by atoms with van der Waals surface area (Å²) >= 11 is 6.91. The van der Waals surface area contributed by atoms with E-state index in [4.69, 9.17) is 12.2 Å². The van der Waals surface area contributed by atoms with E-state index < -0.39 is 0 Å². The second-order valence-corrected chi connectivity index (χ2v) is 8.75. The van der Waals surface area contributed by atoms with Crippen molar-refractivity contribution in [3.05, 3.63) is 57.3 Å². The first-order valence-electron chi connectivity index (χ1n) is 9.65. The lowest BCUT2D eigenvalue weighted by molar-refractivity contribution is 0.0715. The van der Waals surface area contributed by atoms with Gasteiger partial charge in [-0.3, -0.25) is 9.89 Å². The van der Waals surface area contributed by atoms with Crippen molar-refractivity contribution in [3.8, 4) is 11.1 Å². The Labute approximate surface area is 174 Å². The molecule has 28 heavy (non-hydrogen) atoms. The van der Waals surface area contributed by atoms with Crippen LogP contribution in [0.4, 0.5) is 0 Å². The van der Waals surface area contributed by atoms with Gasteiger partial charge in [0.05, 0.1) is 4.88 Å². The fraction of sp³-hybridized carbons (Fsp3) is 0.381. The third kappa shape index (κ3) is 3.56. The fourth-order valence-corrected chi connectivity index (χ4v) is 5.14. The van der Waals surface area contributed by atoms with Gasteiger partial charge in [-0.25, -0.2) is 0 Å². The molecule has 1 amide bonds. The first kappa shape index (κ1) is 19.1. The fourth-order valence-electron chi connectivity index (χ4n) is 3.91. The molecule has 0 unspecified atom stereocenters. The first-order chi connectivity index (χ1) is 13.6. The molecule has 1 aromatic carbocycles. The van der Waals surface area contributed by atoms with E-state index >= 15 is 0 Å². The van der Waals surface area contributed by atoms with Crippen LogP contribution in [0, 0.1) is 4.77 Å². The summed E-state index contributed by atoms with van der Waals surface area (Å²) in [5.74, 6) is 1.49. The van der Waals surface area contributed by atoms with Crippen molar-refractivity contribution in [3.63, 3.8) is 0 Å². The molecule has 1 fully saturated rings. The lowest BCUT2D eigenvalue weighted by Gasteiger charge is -2.32. The Morgan fingerprint density at radius 2 is 1.93 bits per heavy atom. The van der Waals surface area contributed by atoms with Crippen LogP contribution in [0.1, 0.15) is 54.1 Å². The lowest BCUT2D eigenvalue weighted by atomic mass is 9.95. The quantitative estimate of drug-likeness (QED) is 0.594. The molecule has 1 aliphatic rings. The van der Waals surface area contributed by atoms with Gasteiger partial charge in [0, 0.05) is 30.6 Å². The summed E-state index contributed by atoms with van der Waals surface area (Å²) < 4.78 is 2.78. The number of H-pyrrole nitrogens is 1. The molecule has 0 saturated carbocycles. The summed E-state index contributed by atoms with van der Waals surface area (Å²) in [6.07, 6.45) is 1.81. The standard InChI is InChI=1S/C21H24N4OS2/c1-14(2)25-19(22-23-21(25)27)16-8-11-24(12-9-16)20(26)18-17(10-13-28-18)15-6-4-3-5-7-15/h3-7,10,13-14,16H,8-9,11-12H2,1-2H3,(H,23,27). The van der Waals surface area contributed by atoms with Crippen LogP contribution in [0.25, 0.3) is 11.1 Å². The predicted octanol–water partition coefficient (Wildman–Crippen LogP) is 5.27. The molecule has 7 heteroatoms. The summed E-state index contributed by atoms with van der Waals surface area (Å²) in [5.41, 5.74) is 2.12.